The molecule has 2 heterocycles. The molecule has 1 fully saturated rings. The predicted octanol–water partition coefficient (Wildman–Crippen LogP) is 1.60. The second kappa shape index (κ2) is 7.93. The summed E-state index contributed by atoms with van der Waals surface area (Å²) in [5, 5.41) is 0. The van der Waals surface area contributed by atoms with Gasteiger partial charge in [-0.15, -0.1) is 0 Å². The predicted molar refractivity (Wildman–Crippen MR) is 95.8 cm³/mol. The lowest BCUT2D eigenvalue weighted by Crippen LogP contribution is -2.50. The second-order valence-electron chi connectivity index (χ2n) is 5.92. The van der Waals surface area contributed by atoms with E-state index in [4.69, 9.17) is 9.15 Å². The van der Waals surface area contributed by atoms with Gasteiger partial charge in [0, 0.05) is 26.2 Å². The molecule has 144 valence electrons. The van der Waals surface area contributed by atoms with Crippen molar-refractivity contribution in [2.75, 3.05) is 32.8 Å². The lowest BCUT2D eigenvalue weighted by atomic mass is 10.2. The summed E-state index contributed by atoms with van der Waals surface area (Å²) < 4.78 is 36.9. The van der Waals surface area contributed by atoms with Gasteiger partial charge in [-0.1, -0.05) is 0 Å². The van der Waals surface area contributed by atoms with Gasteiger partial charge in [0.2, 0.25) is 10.0 Å². The molecule has 0 saturated carbocycles. The number of nitrogens with zero attached hydrogens (tertiary/aromatic N) is 2. The number of carbonyl (C=O) groups excluding carboxylic acids is 2. The van der Waals surface area contributed by atoms with Crippen molar-refractivity contribution in [3.8, 4) is 0 Å². The Kier molecular flexibility index (Phi) is 5.62. The van der Waals surface area contributed by atoms with Gasteiger partial charge in [0.15, 0.2) is 5.76 Å². The van der Waals surface area contributed by atoms with Gasteiger partial charge in [-0.25, -0.2) is 13.2 Å². The van der Waals surface area contributed by atoms with Gasteiger partial charge in [0.05, 0.1) is 23.3 Å². The van der Waals surface area contributed by atoms with E-state index in [1.807, 2.05) is 0 Å². The van der Waals surface area contributed by atoms with Gasteiger partial charge in [-0.3, -0.25) is 4.79 Å². The Labute approximate surface area is 157 Å². The van der Waals surface area contributed by atoms with E-state index in [-0.39, 0.29) is 49.3 Å². The number of ether oxygens (including phenoxy) is 1. The van der Waals surface area contributed by atoms with Crippen molar-refractivity contribution in [2.45, 2.75) is 11.8 Å². The number of amides is 1. The number of carbonyl (C=O) groups is 2. The Balaban J connectivity index is 1.66. The number of esters is 1. The third-order valence-corrected chi connectivity index (χ3v) is 6.17. The first-order valence-corrected chi connectivity index (χ1v) is 9.97. The van der Waals surface area contributed by atoms with Gasteiger partial charge in [-0.2, -0.15) is 4.31 Å². The molecule has 8 nitrogen and oxygen atoms in total. The topological polar surface area (TPSA) is 97.1 Å². The highest BCUT2D eigenvalue weighted by molar-refractivity contribution is 7.89. The highest BCUT2D eigenvalue weighted by atomic mass is 32.2. The van der Waals surface area contributed by atoms with E-state index in [0.29, 0.717) is 5.56 Å². The summed E-state index contributed by atoms with van der Waals surface area (Å²) in [5.41, 5.74) is 0.296. The molecule has 0 N–H and O–H groups in total. The van der Waals surface area contributed by atoms with Crippen LogP contribution in [0.2, 0.25) is 0 Å². The number of hydrogen-bond donors (Lipinski definition) is 0. The van der Waals surface area contributed by atoms with Crippen molar-refractivity contribution in [3.63, 3.8) is 0 Å². The Morgan fingerprint density at radius 1 is 1.07 bits per heavy atom. The summed E-state index contributed by atoms with van der Waals surface area (Å²) in [5.74, 6) is -0.511. The van der Waals surface area contributed by atoms with Gasteiger partial charge in [0.25, 0.3) is 5.91 Å². The van der Waals surface area contributed by atoms with Crippen molar-refractivity contribution in [3.05, 3.63) is 54.0 Å². The van der Waals surface area contributed by atoms with E-state index in [2.05, 4.69) is 0 Å². The van der Waals surface area contributed by atoms with Crippen LogP contribution in [0.25, 0.3) is 0 Å². The van der Waals surface area contributed by atoms with Crippen LogP contribution in [0.3, 0.4) is 0 Å². The first kappa shape index (κ1) is 19.1. The van der Waals surface area contributed by atoms with E-state index in [1.54, 1.807) is 24.0 Å². The van der Waals surface area contributed by atoms with Gasteiger partial charge in [0.1, 0.15) is 0 Å². The van der Waals surface area contributed by atoms with Crippen molar-refractivity contribution < 1.29 is 27.2 Å². The third-order valence-electron chi connectivity index (χ3n) is 4.26. The fraction of sp³-hybridized carbons (Fsp3) is 0.333. The highest BCUT2D eigenvalue weighted by Gasteiger charge is 2.31. The molecule has 0 bridgehead atoms. The molecule has 27 heavy (non-hydrogen) atoms. The molecule has 1 saturated heterocycles. The van der Waals surface area contributed by atoms with Crippen molar-refractivity contribution >= 4 is 21.9 Å². The van der Waals surface area contributed by atoms with Crippen molar-refractivity contribution in [1.82, 2.24) is 9.21 Å². The normalized spacial score (nSPS) is 15.5. The smallest absolute Gasteiger partial charge is 0.338 e. The minimum Gasteiger partial charge on any atom is -0.462 e. The summed E-state index contributed by atoms with van der Waals surface area (Å²) in [4.78, 5) is 25.6. The van der Waals surface area contributed by atoms with E-state index < -0.39 is 16.0 Å². The summed E-state index contributed by atoms with van der Waals surface area (Å²) in [6.07, 6.45) is 1.42. The maximum atomic E-state index is 12.8. The molecule has 0 aliphatic carbocycles. The quantitative estimate of drug-likeness (QED) is 0.717. The molecule has 1 amide bonds. The molecular weight excluding hydrogens is 372 g/mol. The second-order valence-corrected chi connectivity index (χ2v) is 7.86. The lowest BCUT2D eigenvalue weighted by Gasteiger charge is -2.33. The Morgan fingerprint density at radius 2 is 1.74 bits per heavy atom. The fourth-order valence-corrected chi connectivity index (χ4v) is 4.24. The largest absolute Gasteiger partial charge is 0.462 e. The van der Waals surface area contributed by atoms with Gasteiger partial charge < -0.3 is 14.1 Å². The number of hydrogen-bond acceptors (Lipinski definition) is 6. The van der Waals surface area contributed by atoms with Crippen molar-refractivity contribution in [1.29, 1.82) is 0 Å². The zero-order valence-corrected chi connectivity index (χ0v) is 15.6. The molecule has 0 atom stereocenters. The van der Waals surface area contributed by atoms with Crippen LogP contribution in [0.4, 0.5) is 0 Å². The average Bonchev–Trinajstić information content (AvgIpc) is 3.22. The van der Waals surface area contributed by atoms with Gasteiger partial charge >= 0.3 is 5.97 Å². The molecular formula is C18H20N2O6S. The average molecular weight is 392 g/mol. The minimum atomic E-state index is -3.70. The molecule has 9 heteroatoms. The number of sulfonamides is 1. The zero-order chi connectivity index (χ0) is 19.4. The van der Waals surface area contributed by atoms with Crippen LogP contribution in [0.5, 0.6) is 0 Å². The van der Waals surface area contributed by atoms with E-state index >= 15 is 0 Å². The Bertz CT molecular complexity index is 898. The van der Waals surface area contributed by atoms with Crippen LogP contribution in [-0.2, 0) is 14.8 Å². The summed E-state index contributed by atoms with van der Waals surface area (Å²) >= 11 is 0. The Hall–Kier alpha value is -2.65. The SMILES string of the molecule is CCOC(=O)c1ccc(S(=O)(=O)N2CCN(C(=O)c3ccco3)CC2)cc1. The molecule has 1 aromatic carbocycles. The molecule has 0 spiro atoms. The summed E-state index contributed by atoms with van der Waals surface area (Å²) in [7, 11) is -3.70. The summed E-state index contributed by atoms with van der Waals surface area (Å²) in [6.45, 7) is 2.88. The van der Waals surface area contributed by atoms with Crippen LogP contribution in [0.1, 0.15) is 27.8 Å². The fourth-order valence-electron chi connectivity index (χ4n) is 2.81. The summed E-state index contributed by atoms with van der Waals surface area (Å²) in [6, 6.07) is 8.86. The van der Waals surface area contributed by atoms with E-state index in [1.165, 1.54) is 34.8 Å². The molecule has 2 aromatic rings. The molecule has 3 rings (SSSR count). The van der Waals surface area contributed by atoms with Gasteiger partial charge in [-0.05, 0) is 43.3 Å². The van der Waals surface area contributed by atoms with E-state index in [9.17, 15) is 18.0 Å². The Morgan fingerprint density at radius 3 is 2.30 bits per heavy atom. The third kappa shape index (κ3) is 4.04. The molecule has 1 aliphatic rings. The molecule has 1 aromatic heterocycles. The first-order chi connectivity index (χ1) is 12.9. The minimum absolute atomic E-state index is 0.0985. The number of piperazine rings is 1. The number of rotatable bonds is 5. The monoisotopic (exact) mass is 392 g/mol. The number of furan rings is 1. The zero-order valence-electron chi connectivity index (χ0n) is 14.8. The lowest BCUT2D eigenvalue weighted by molar-refractivity contribution is 0.0526. The van der Waals surface area contributed by atoms with Crippen LogP contribution >= 0.6 is 0 Å². The maximum absolute atomic E-state index is 12.8. The van der Waals surface area contributed by atoms with Crippen LogP contribution in [-0.4, -0.2) is 62.3 Å². The standard InChI is InChI=1S/C18H20N2O6S/c1-2-25-18(22)14-5-7-15(8-6-14)27(23,24)20-11-9-19(10-12-20)17(21)16-4-3-13-26-16/h3-8,13H,2,9-12H2,1H3. The van der Waals surface area contributed by atoms with Crippen LogP contribution in [0, 0.1) is 0 Å². The maximum Gasteiger partial charge on any atom is 0.338 e. The molecule has 1 aliphatic heterocycles. The van der Waals surface area contributed by atoms with Crippen LogP contribution in [0.15, 0.2) is 52.0 Å². The first-order valence-electron chi connectivity index (χ1n) is 8.53. The van der Waals surface area contributed by atoms with E-state index in [0.717, 1.165) is 0 Å². The van der Waals surface area contributed by atoms with Crippen molar-refractivity contribution in [2.24, 2.45) is 0 Å². The van der Waals surface area contributed by atoms with Crippen LogP contribution < -0.4 is 0 Å². The molecule has 0 unspecified atom stereocenters. The molecule has 0 radical (unpaired) electrons. The highest BCUT2D eigenvalue weighted by Crippen LogP contribution is 2.19. The number of benzene rings is 1.